The van der Waals surface area contributed by atoms with Gasteiger partial charge in [0.25, 0.3) is 0 Å². The first kappa shape index (κ1) is 17.0. The summed E-state index contributed by atoms with van der Waals surface area (Å²) in [4.78, 5) is 18.8. The van der Waals surface area contributed by atoms with Gasteiger partial charge in [0.2, 0.25) is 0 Å². The molecule has 0 saturated heterocycles. The minimum absolute atomic E-state index is 0.221. The highest BCUT2D eigenvalue weighted by Gasteiger charge is 2.34. The molecule has 0 bridgehead atoms. The van der Waals surface area contributed by atoms with Crippen molar-refractivity contribution in [2.24, 2.45) is 5.92 Å². The van der Waals surface area contributed by atoms with E-state index in [4.69, 9.17) is 4.74 Å². The minimum Gasteiger partial charge on any atom is -0.465 e. The maximum atomic E-state index is 12.0. The van der Waals surface area contributed by atoms with E-state index in [1.165, 1.54) is 0 Å². The van der Waals surface area contributed by atoms with Gasteiger partial charge in [0.05, 0.1) is 12.3 Å². The van der Waals surface area contributed by atoms with Gasteiger partial charge in [-0.05, 0) is 26.7 Å². The molecular weight excluding hydrogens is 272 g/mol. The predicted octanol–water partition coefficient (Wildman–Crippen LogP) is 3.47. The molecule has 1 unspecified atom stereocenters. The number of thiazole rings is 1. The van der Waals surface area contributed by atoms with Gasteiger partial charge in [0, 0.05) is 19.0 Å². The number of esters is 1. The first-order valence-corrected chi connectivity index (χ1v) is 8.05. The lowest BCUT2D eigenvalue weighted by molar-refractivity contribution is -0.148. The van der Waals surface area contributed by atoms with Crippen LogP contribution >= 0.6 is 11.3 Å². The molecule has 0 radical (unpaired) electrons. The van der Waals surface area contributed by atoms with Crippen LogP contribution in [0.5, 0.6) is 0 Å². The Balaban J connectivity index is 2.83. The molecule has 0 aliphatic heterocycles. The van der Waals surface area contributed by atoms with Crippen LogP contribution in [0.15, 0.2) is 5.38 Å². The Morgan fingerprint density at radius 2 is 2.15 bits per heavy atom. The van der Waals surface area contributed by atoms with E-state index in [1.807, 2.05) is 33.2 Å². The lowest BCUT2D eigenvalue weighted by atomic mass is 9.90. The van der Waals surface area contributed by atoms with E-state index in [0.717, 1.165) is 23.8 Å². The third kappa shape index (κ3) is 3.95. The third-order valence-corrected chi connectivity index (χ3v) is 4.48. The largest absolute Gasteiger partial charge is 0.465 e. The van der Waals surface area contributed by atoms with Gasteiger partial charge in [-0.3, -0.25) is 4.79 Å². The van der Waals surface area contributed by atoms with E-state index in [1.54, 1.807) is 11.3 Å². The molecule has 0 aliphatic rings. The molecule has 0 aromatic carbocycles. The lowest BCUT2D eigenvalue weighted by Gasteiger charge is -2.21. The summed E-state index contributed by atoms with van der Waals surface area (Å²) in [6, 6.07) is 0. The summed E-state index contributed by atoms with van der Waals surface area (Å²) in [6.45, 7) is 11.3. The van der Waals surface area contributed by atoms with Crippen LogP contribution in [0.1, 0.15) is 46.7 Å². The van der Waals surface area contributed by atoms with Gasteiger partial charge in [-0.1, -0.05) is 20.3 Å². The first-order chi connectivity index (χ1) is 9.32. The summed E-state index contributed by atoms with van der Waals surface area (Å²) in [5.41, 5.74) is 0.0917. The fraction of sp³-hybridized carbons (Fsp3) is 0.733. The number of carbonyl (C=O) groups excluding carboxylic acids is 1. The third-order valence-electron chi connectivity index (χ3n) is 3.53. The van der Waals surface area contributed by atoms with E-state index < -0.39 is 5.41 Å². The monoisotopic (exact) mass is 298 g/mol. The molecule has 1 rings (SSSR count). The molecule has 0 amide bonds. The van der Waals surface area contributed by atoms with Crippen molar-refractivity contribution in [2.75, 3.05) is 25.1 Å². The Morgan fingerprint density at radius 1 is 1.50 bits per heavy atom. The summed E-state index contributed by atoms with van der Waals surface area (Å²) in [5, 5.41) is 2.91. The van der Waals surface area contributed by atoms with Crippen LogP contribution in [0, 0.1) is 5.92 Å². The molecule has 0 aliphatic carbocycles. The molecule has 4 nitrogen and oxygen atoms in total. The highest BCUT2D eigenvalue weighted by atomic mass is 32.1. The number of aromatic nitrogens is 1. The number of anilines is 1. The van der Waals surface area contributed by atoms with Crippen molar-refractivity contribution in [3.8, 4) is 0 Å². The average molecular weight is 298 g/mol. The summed E-state index contributed by atoms with van der Waals surface area (Å²) in [5.74, 6) is 0.409. The molecule has 0 saturated carbocycles. The van der Waals surface area contributed by atoms with Crippen molar-refractivity contribution >= 4 is 22.4 Å². The van der Waals surface area contributed by atoms with Crippen molar-refractivity contribution in [3.05, 3.63) is 11.1 Å². The van der Waals surface area contributed by atoms with E-state index in [2.05, 4.69) is 23.7 Å². The molecule has 1 aromatic rings. The maximum absolute atomic E-state index is 12.0. The second-order valence-corrected chi connectivity index (χ2v) is 6.59. The van der Waals surface area contributed by atoms with Gasteiger partial charge in [-0.2, -0.15) is 0 Å². The number of nitrogens with zero attached hydrogens (tertiary/aromatic N) is 2. The van der Waals surface area contributed by atoms with Crippen molar-refractivity contribution in [1.29, 1.82) is 0 Å². The van der Waals surface area contributed by atoms with Crippen LogP contribution in [0.3, 0.4) is 0 Å². The molecule has 0 spiro atoms. The van der Waals surface area contributed by atoms with E-state index >= 15 is 0 Å². The Labute approximate surface area is 126 Å². The molecule has 5 heteroatoms. The molecule has 1 atom stereocenters. The van der Waals surface area contributed by atoms with Crippen molar-refractivity contribution in [2.45, 2.75) is 46.5 Å². The normalized spacial score (nSPS) is 13.1. The quantitative estimate of drug-likeness (QED) is 0.723. The van der Waals surface area contributed by atoms with Gasteiger partial charge in [0.15, 0.2) is 5.13 Å². The second-order valence-electron chi connectivity index (χ2n) is 5.75. The number of rotatable bonds is 7. The SMILES string of the molecule is CCOC(=O)C(C)(C)c1csc(N(C)CC(C)CC)n1. The highest BCUT2D eigenvalue weighted by Crippen LogP contribution is 2.30. The zero-order valence-electron chi connectivity index (χ0n) is 13.4. The van der Waals surface area contributed by atoms with Crippen LogP contribution in [0.2, 0.25) is 0 Å². The Bertz CT molecular complexity index is 443. The highest BCUT2D eigenvalue weighted by molar-refractivity contribution is 7.13. The second kappa shape index (κ2) is 7.07. The topological polar surface area (TPSA) is 42.4 Å². The summed E-state index contributed by atoms with van der Waals surface area (Å²) < 4.78 is 5.12. The lowest BCUT2D eigenvalue weighted by Crippen LogP contribution is -2.31. The standard InChI is InChI=1S/C15H26N2O2S/c1-7-11(3)9-17(6)14-16-12(10-20-14)15(4,5)13(18)19-8-2/h10-11H,7-9H2,1-6H3. The van der Waals surface area contributed by atoms with Crippen molar-refractivity contribution in [1.82, 2.24) is 4.98 Å². The fourth-order valence-corrected chi connectivity index (χ4v) is 2.79. The van der Waals surface area contributed by atoms with Crippen LogP contribution in [-0.2, 0) is 14.9 Å². The Morgan fingerprint density at radius 3 is 2.70 bits per heavy atom. The van der Waals surface area contributed by atoms with E-state index in [9.17, 15) is 4.79 Å². The minimum atomic E-state index is -0.692. The fourth-order valence-electron chi connectivity index (χ4n) is 1.82. The van der Waals surface area contributed by atoms with E-state index in [-0.39, 0.29) is 5.97 Å². The predicted molar refractivity (Wildman–Crippen MR) is 84.5 cm³/mol. The average Bonchev–Trinajstić information content (AvgIpc) is 2.89. The molecule has 114 valence electrons. The molecule has 0 fully saturated rings. The van der Waals surface area contributed by atoms with Gasteiger partial charge in [0.1, 0.15) is 5.41 Å². The summed E-state index contributed by atoms with van der Waals surface area (Å²) >= 11 is 1.58. The Kier molecular flexibility index (Phi) is 5.99. The smallest absolute Gasteiger partial charge is 0.317 e. The van der Waals surface area contributed by atoms with Crippen LogP contribution in [-0.4, -0.2) is 31.2 Å². The van der Waals surface area contributed by atoms with Gasteiger partial charge < -0.3 is 9.64 Å². The first-order valence-electron chi connectivity index (χ1n) is 7.17. The van der Waals surface area contributed by atoms with E-state index in [0.29, 0.717) is 12.5 Å². The summed E-state index contributed by atoms with van der Waals surface area (Å²) in [7, 11) is 2.05. The van der Waals surface area contributed by atoms with Crippen LogP contribution in [0.4, 0.5) is 5.13 Å². The number of ether oxygens (including phenoxy) is 1. The van der Waals surface area contributed by atoms with Gasteiger partial charge in [-0.25, -0.2) is 4.98 Å². The Hall–Kier alpha value is -1.10. The maximum Gasteiger partial charge on any atom is 0.317 e. The van der Waals surface area contributed by atoms with Crippen LogP contribution in [0.25, 0.3) is 0 Å². The molecule has 20 heavy (non-hydrogen) atoms. The van der Waals surface area contributed by atoms with Crippen molar-refractivity contribution in [3.63, 3.8) is 0 Å². The molecule has 1 heterocycles. The zero-order chi connectivity index (χ0) is 15.3. The van der Waals surface area contributed by atoms with Gasteiger partial charge >= 0.3 is 5.97 Å². The zero-order valence-corrected chi connectivity index (χ0v) is 14.2. The van der Waals surface area contributed by atoms with Crippen LogP contribution < -0.4 is 4.90 Å². The number of hydrogen-bond acceptors (Lipinski definition) is 5. The van der Waals surface area contributed by atoms with Crippen molar-refractivity contribution < 1.29 is 9.53 Å². The van der Waals surface area contributed by atoms with Gasteiger partial charge in [-0.15, -0.1) is 11.3 Å². The summed E-state index contributed by atoms with van der Waals surface area (Å²) in [6.07, 6.45) is 1.15. The molecule has 0 N–H and O–H groups in total. The molecule has 1 aromatic heterocycles. The number of hydrogen-bond donors (Lipinski definition) is 0. The molecular formula is C15H26N2O2S. The number of carbonyl (C=O) groups is 1.